The number of thiophene rings is 1. The Bertz CT molecular complexity index is 619. The van der Waals surface area contributed by atoms with Gasteiger partial charge >= 0.3 is 6.01 Å². The summed E-state index contributed by atoms with van der Waals surface area (Å²) in [6.45, 7) is 2.08. The molecule has 6 heteroatoms. The average molecular weight is 261 g/mol. The van der Waals surface area contributed by atoms with E-state index >= 15 is 0 Å². The van der Waals surface area contributed by atoms with Crippen molar-refractivity contribution < 1.29 is 9.21 Å². The molecule has 0 fully saturated rings. The molecule has 2 rings (SSSR count). The Morgan fingerprint density at radius 1 is 1.67 bits per heavy atom. The van der Waals surface area contributed by atoms with Gasteiger partial charge in [-0.1, -0.05) is 11.8 Å². The lowest BCUT2D eigenvalue weighted by Gasteiger charge is -1.96. The summed E-state index contributed by atoms with van der Waals surface area (Å²) < 4.78 is 5.04. The van der Waals surface area contributed by atoms with Gasteiger partial charge in [-0.2, -0.15) is 4.98 Å². The lowest BCUT2D eigenvalue weighted by Crippen LogP contribution is -2.10. The van der Waals surface area contributed by atoms with E-state index in [9.17, 15) is 4.79 Å². The predicted octanol–water partition coefficient (Wildman–Crippen LogP) is 1.61. The van der Waals surface area contributed by atoms with Crippen molar-refractivity contribution in [3.63, 3.8) is 0 Å². The molecule has 0 aromatic carbocycles. The second kappa shape index (κ2) is 5.49. The van der Waals surface area contributed by atoms with E-state index in [0.29, 0.717) is 17.8 Å². The second-order valence-electron chi connectivity index (χ2n) is 3.45. The Morgan fingerprint density at radius 2 is 2.50 bits per heavy atom. The zero-order valence-electron chi connectivity index (χ0n) is 9.69. The molecule has 92 valence electrons. The summed E-state index contributed by atoms with van der Waals surface area (Å²) in [5.41, 5.74) is 6.52. The molecule has 0 spiro atoms. The fraction of sp³-hybridized carbons (Fsp3) is 0.167. The number of carbonyl (C=O) groups excluding carboxylic acids is 1. The fourth-order valence-corrected chi connectivity index (χ4v) is 1.99. The van der Waals surface area contributed by atoms with E-state index in [-0.39, 0.29) is 11.9 Å². The van der Waals surface area contributed by atoms with Crippen LogP contribution in [0.3, 0.4) is 0 Å². The lowest BCUT2D eigenvalue weighted by molar-refractivity contribution is 0.102. The molecule has 0 unspecified atom stereocenters. The minimum absolute atomic E-state index is 0.193. The maximum absolute atomic E-state index is 11.8. The van der Waals surface area contributed by atoms with Gasteiger partial charge in [-0.3, -0.25) is 10.1 Å². The Labute approximate surface area is 108 Å². The molecule has 18 heavy (non-hydrogen) atoms. The number of oxazole rings is 1. The van der Waals surface area contributed by atoms with E-state index in [1.54, 1.807) is 18.4 Å². The van der Waals surface area contributed by atoms with Crippen molar-refractivity contribution in [2.75, 3.05) is 11.9 Å². The number of aryl methyl sites for hydroxylation is 1. The summed E-state index contributed by atoms with van der Waals surface area (Å²) in [6, 6.07) is 1.90. The number of carbonyl (C=O) groups is 1. The summed E-state index contributed by atoms with van der Waals surface area (Å²) in [7, 11) is 0. The molecule has 2 aromatic heterocycles. The number of nitrogens with two attached hydrogens (primary N) is 1. The standard InChI is InChI=1S/C12H11N3O2S/c1-8-6-17-12(14-8)15-11(16)9-5-10(18-7-9)3-2-4-13/h5-7H,4,13H2,1H3,(H,14,15,16). The van der Waals surface area contributed by atoms with Crippen molar-refractivity contribution in [1.29, 1.82) is 0 Å². The molecule has 0 atom stereocenters. The van der Waals surface area contributed by atoms with Crippen molar-refractivity contribution in [3.05, 3.63) is 33.8 Å². The largest absolute Gasteiger partial charge is 0.432 e. The quantitative estimate of drug-likeness (QED) is 0.805. The monoisotopic (exact) mass is 261 g/mol. The predicted molar refractivity (Wildman–Crippen MR) is 69.4 cm³/mol. The van der Waals surface area contributed by atoms with Gasteiger partial charge in [0, 0.05) is 5.38 Å². The van der Waals surface area contributed by atoms with Crippen LogP contribution in [0.15, 0.2) is 22.1 Å². The molecular formula is C12H11N3O2S. The molecular weight excluding hydrogens is 250 g/mol. The van der Waals surface area contributed by atoms with Gasteiger partial charge in [0.25, 0.3) is 5.91 Å². The van der Waals surface area contributed by atoms with Crippen molar-refractivity contribution >= 4 is 23.3 Å². The minimum Gasteiger partial charge on any atom is -0.432 e. The third-order valence-electron chi connectivity index (χ3n) is 2.01. The highest BCUT2D eigenvalue weighted by atomic mass is 32.1. The van der Waals surface area contributed by atoms with Gasteiger partial charge in [-0.05, 0) is 13.0 Å². The molecule has 0 aliphatic carbocycles. The summed E-state index contributed by atoms with van der Waals surface area (Å²) in [6.07, 6.45) is 1.47. The first kappa shape index (κ1) is 12.4. The van der Waals surface area contributed by atoms with Crippen LogP contribution in [0.4, 0.5) is 6.01 Å². The van der Waals surface area contributed by atoms with Crippen molar-refractivity contribution in [3.8, 4) is 11.8 Å². The molecule has 0 aliphatic heterocycles. The summed E-state index contributed by atoms with van der Waals surface area (Å²) in [5.74, 6) is 5.34. The van der Waals surface area contributed by atoms with Gasteiger partial charge in [0.15, 0.2) is 0 Å². The van der Waals surface area contributed by atoms with E-state index in [1.807, 2.05) is 0 Å². The Hall–Kier alpha value is -2.10. The highest BCUT2D eigenvalue weighted by molar-refractivity contribution is 7.10. The number of rotatable bonds is 2. The van der Waals surface area contributed by atoms with Crippen LogP contribution in [-0.4, -0.2) is 17.4 Å². The first-order valence-corrected chi connectivity index (χ1v) is 6.08. The van der Waals surface area contributed by atoms with Crippen LogP contribution in [0, 0.1) is 18.8 Å². The highest BCUT2D eigenvalue weighted by Gasteiger charge is 2.11. The number of hydrogen-bond donors (Lipinski definition) is 2. The first-order chi connectivity index (χ1) is 8.69. The molecule has 5 nitrogen and oxygen atoms in total. The summed E-state index contributed by atoms with van der Waals surface area (Å²) in [5, 5.41) is 4.29. The highest BCUT2D eigenvalue weighted by Crippen LogP contribution is 2.15. The summed E-state index contributed by atoms with van der Waals surface area (Å²) in [4.78, 5) is 16.6. The molecule has 0 saturated heterocycles. The topological polar surface area (TPSA) is 81.2 Å². The molecule has 3 N–H and O–H groups in total. The SMILES string of the molecule is Cc1coc(NC(=O)c2csc(C#CCN)c2)n1. The van der Waals surface area contributed by atoms with E-state index in [4.69, 9.17) is 10.2 Å². The Morgan fingerprint density at radius 3 is 3.17 bits per heavy atom. The molecule has 0 radical (unpaired) electrons. The Kier molecular flexibility index (Phi) is 3.77. The maximum atomic E-state index is 11.8. The third kappa shape index (κ3) is 2.97. The van der Waals surface area contributed by atoms with E-state index in [0.717, 1.165) is 4.88 Å². The molecule has 0 bridgehead atoms. The van der Waals surface area contributed by atoms with Gasteiger partial charge in [-0.15, -0.1) is 11.3 Å². The van der Waals surface area contributed by atoms with Crippen LogP contribution >= 0.6 is 11.3 Å². The summed E-state index contributed by atoms with van der Waals surface area (Å²) >= 11 is 1.39. The number of nitrogens with one attached hydrogen (secondary N) is 1. The number of aromatic nitrogens is 1. The first-order valence-electron chi connectivity index (χ1n) is 5.20. The molecule has 0 aliphatic rings. The number of nitrogens with zero attached hydrogens (tertiary/aromatic N) is 1. The van der Waals surface area contributed by atoms with Crippen LogP contribution in [0.1, 0.15) is 20.9 Å². The van der Waals surface area contributed by atoms with E-state index in [1.165, 1.54) is 17.6 Å². The molecule has 0 saturated carbocycles. The zero-order chi connectivity index (χ0) is 13.0. The molecule has 1 amide bonds. The zero-order valence-corrected chi connectivity index (χ0v) is 10.5. The minimum atomic E-state index is -0.270. The van der Waals surface area contributed by atoms with Gasteiger partial charge in [-0.25, -0.2) is 0 Å². The fourth-order valence-electron chi connectivity index (χ4n) is 1.24. The van der Waals surface area contributed by atoms with Crippen LogP contribution < -0.4 is 11.1 Å². The van der Waals surface area contributed by atoms with Crippen LogP contribution in [0.5, 0.6) is 0 Å². The number of amides is 1. The van der Waals surface area contributed by atoms with Gasteiger partial charge in [0.05, 0.1) is 22.7 Å². The van der Waals surface area contributed by atoms with Crippen molar-refractivity contribution in [1.82, 2.24) is 4.98 Å². The second-order valence-corrected chi connectivity index (χ2v) is 4.36. The molecule has 2 heterocycles. The molecule has 2 aromatic rings. The van der Waals surface area contributed by atoms with Crippen LogP contribution in [0.25, 0.3) is 0 Å². The van der Waals surface area contributed by atoms with Crippen LogP contribution in [-0.2, 0) is 0 Å². The lowest BCUT2D eigenvalue weighted by atomic mass is 10.3. The van der Waals surface area contributed by atoms with Crippen LogP contribution in [0.2, 0.25) is 0 Å². The average Bonchev–Trinajstić information content (AvgIpc) is 2.96. The van der Waals surface area contributed by atoms with E-state index in [2.05, 4.69) is 22.1 Å². The van der Waals surface area contributed by atoms with Gasteiger partial charge in [0.2, 0.25) is 0 Å². The van der Waals surface area contributed by atoms with Gasteiger partial charge < -0.3 is 10.2 Å². The van der Waals surface area contributed by atoms with Crippen molar-refractivity contribution in [2.45, 2.75) is 6.92 Å². The van der Waals surface area contributed by atoms with Gasteiger partial charge in [0.1, 0.15) is 6.26 Å². The Balaban J connectivity index is 2.07. The van der Waals surface area contributed by atoms with E-state index < -0.39 is 0 Å². The normalized spacial score (nSPS) is 9.67. The third-order valence-corrected chi connectivity index (χ3v) is 2.86. The van der Waals surface area contributed by atoms with Crippen molar-refractivity contribution in [2.24, 2.45) is 5.73 Å². The number of hydrogen-bond acceptors (Lipinski definition) is 5. The maximum Gasteiger partial charge on any atom is 0.301 e. The number of anilines is 1. The smallest absolute Gasteiger partial charge is 0.301 e.